The fourth-order valence-corrected chi connectivity index (χ4v) is 3.69. The largest absolute Gasteiger partial charge is 0.369 e. The molecular formula is C21H23ClN4. The van der Waals surface area contributed by atoms with Crippen molar-refractivity contribution >= 4 is 33.9 Å². The van der Waals surface area contributed by atoms with E-state index in [2.05, 4.69) is 52.4 Å². The number of benzene rings is 2. The number of anilines is 2. The van der Waals surface area contributed by atoms with Crippen molar-refractivity contribution in [1.82, 2.24) is 9.99 Å². The quantitative estimate of drug-likeness (QED) is 0.730. The summed E-state index contributed by atoms with van der Waals surface area (Å²) in [4.78, 5) is 6.89. The summed E-state index contributed by atoms with van der Waals surface area (Å²) in [5.74, 6) is 0. The zero-order chi connectivity index (χ0) is 18.1. The fraction of sp³-hybridized carbons (Fsp3) is 0.286. The van der Waals surface area contributed by atoms with E-state index in [1.807, 2.05) is 30.5 Å². The van der Waals surface area contributed by atoms with Crippen LogP contribution < -0.4 is 10.3 Å². The van der Waals surface area contributed by atoms with Gasteiger partial charge in [0.25, 0.3) is 0 Å². The predicted octanol–water partition coefficient (Wildman–Crippen LogP) is 4.65. The van der Waals surface area contributed by atoms with Crippen molar-refractivity contribution in [2.45, 2.75) is 13.8 Å². The van der Waals surface area contributed by atoms with Gasteiger partial charge in [0.1, 0.15) is 0 Å². The number of pyridine rings is 1. The number of halogens is 1. The number of aromatic nitrogens is 1. The van der Waals surface area contributed by atoms with Gasteiger partial charge in [-0.15, -0.1) is 0 Å². The lowest BCUT2D eigenvalue weighted by molar-refractivity contribution is 0.308. The average Bonchev–Trinajstić information content (AvgIpc) is 2.65. The molecule has 5 heteroatoms. The Kier molecular flexibility index (Phi) is 4.70. The molecule has 0 bridgehead atoms. The van der Waals surface area contributed by atoms with E-state index < -0.39 is 0 Å². The van der Waals surface area contributed by atoms with Crippen molar-refractivity contribution in [1.29, 1.82) is 0 Å². The first kappa shape index (κ1) is 17.1. The van der Waals surface area contributed by atoms with E-state index in [0.717, 1.165) is 42.8 Å². The molecule has 0 radical (unpaired) electrons. The summed E-state index contributed by atoms with van der Waals surface area (Å²) in [6, 6.07) is 14.4. The Balaban J connectivity index is 1.47. The zero-order valence-corrected chi connectivity index (χ0v) is 15.9. The van der Waals surface area contributed by atoms with Crippen LogP contribution >= 0.6 is 11.6 Å². The second-order valence-corrected chi connectivity index (χ2v) is 7.26. The average molecular weight is 367 g/mol. The van der Waals surface area contributed by atoms with Crippen LogP contribution in [0.1, 0.15) is 11.1 Å². The highest BCUT2D eigenvalue weighted by atomic mass is 35.5. The van der Waals surface area contributed by atoms with Gasteiger partial charge in [0, 0.05) is 48.5 Å². The zero-order valence-electron chi connectivity index (χ0n) is 15.2. The van der Waals surface area contributed by atoms with Crippen molar-refractivity contribution in [3.63, 3.8) is 0 Å². The molecule has 0 unspecified atom stereocenters. The number of hydrazine groups is 1. The van der Waals surface area contributed by atoms with E-state index in [-0.39, 0.29) is 0 Å². The second kappa shape index (κ2) is 7.14. The summed E-state index contributed by atoms with van der Waals surface area (Å²) in [6.45, 7) is 8.33. The minimum Gasteiger partial charge on any atom is -0.369 e. The van der Waals surface area contributed by atoms with Crippen LogP contribution in [0.15, 0.2) is 48.7 Å². The molecule has 1 aromatic heterocycles. The third-order valence-corrected chi connectivity index (χ3v) is 5.41. The number of piperazine rings is 1. The summed E-state index contributed by atoms with van der Waals surface area (Å²) in [5.41, 5.74) is 9.64. The number of aryl methyl sites for hydroxylation is 1. The molecule has 0 amide bonds. The van der Waals surface area contributed by atoms with E-state index in [9.17, 15) is 0 Å². The van der Waals surface area contributed by atoms with Crippen LogP contribution in [0.25, 0.3) is 10.9 Å². The van der Waals surface area contributed by atoms with Crippen molar-refractivity contribution in [2.24, 2.45) is 0 Å². The van der Waals surface area contributed by atoms with Crippen LogP contribution in [0, 0.1) is 13.8 Å². The lowest BCUT2D eigenvalue weighted by Crippen LogP contribution is -2.48. The number of hydrogen-bond donors (Lipinski definition) is 1. The van der Waals surface area contributed by atoms with Gasteiger partial charge in [-0.3, -0.25) is 4.98 Å². The highest BCUT2D eigenvalue weighted by Gasteiger charge is 2.19. The van der Waals surface area contributed by atoms with Gasteiger partial charge in [-0.05, 0) is 55.3 Å². The Morgan fingerprint density at radius 3 is 2.62 bits per heavy atom. The third-order valence-electron chi connectivity index (χ3n) is 5.18. The highest BCUT2D eigenvalue weighted by molar-refractivity contribution is 6.31. The van der Waals surface area contributed by atoms with E-state index in [1.165, 1.54) is 16.8 Å². The highest BCUT2D eigenvalue weighted by Crippen LogP contribution is 2.26. The molecule has 2 heterocycles. The molecule has 26 heavy (non-hydrogen) atoms. The Hall–Kier alpha value is -2.30. The van der Waals surface area contributed by atoms with Gasteiger partial charge in [-0.1, -0.05) is 23.7 Å². The Labute approximate surface area is 159 Å². The standard InChI is InChI=1S/C21H23ClN4/c1-15-4-3-5-21(16(15)2)25-10-12-26(13-11-25)24-19-8-9-23-20-14-17(22)6-7-18(19)20/h3-9,14H,10-13H2,1-2H3,(H,23,24). The molecule has 4 nitrogen and oxygen atoms in total. The SMILES string of the molecule is Cc1cccc(N2CCN(Nc3ccnc4cc(Cl)ccc34)CC2)c1C. The maximum absolute atomic E-state index is 6.08. The second-order valence-electron chi connectivity index (χ2n) is 6.82. The van der Waals surface area contributed by atoms with Crippen molar-refractivity contribution in [2.75, 3.05) is 36.5 Å². The number of nitrogens with one attached hydrogen (secondary N) is 1. The van der Waals surface area contributed by atoms with Crippen LogP contribution in [0.3, 0.4) is 0 Å². The first-order valence-electron chi connectivity index (χ1n) is 8.99. The summed E-state index contributed by atoms with van der Waals surface area (Å²) >= 11 is 6.08. The lowest BCUT2D eigenvalue weighted by atomic mass is 10.1. The smallest absolute Gasteiger partial charge is 0.0738 e. The molecule has 4 rings (SSSR count). The summed E-state index contributed by atoms with van der Waals surface area (Å²) in [6.07, 6.45) is 1.83. The van der Waals surface area contributed by atoms with Gasteiger partial charge in [-0.25, -0.2) is 5.01 Å². The minimum absolute atomic E-state index is 0.712. The van der Waals surface area contributed by atoms with Crippen LogP contribution in [-0.2, 0) is 0 Å². The monoisotopic (exact) mass is 366 g/mol. The molecule has 0 aliphatic carbocycles. The summed E-state index contributed by atoms with van der Waals surface area (Å²) < 4.78 is 0. The van der Waals surface area contributed by atoms with Crippen LogP contribution in [0.2, 0.25) is 5.02 Å². The molecule has 1 N–H and O–H groups in total. The van der Waals surface area contributed by atoms with E-state index in [0.29, 0.717) is 5.02 Å². The van der Waals surface area contributed by atoms with Crippen molar-refractivity contribution in [3.05, 3.63) is 64.8 Å². The van der Waals surface area contributed by atoms with E-state index in [1.54, 1.807) is 0 Å². The summed E-state index contributed by atoms with van der Waals surface area (Å²) in [7, 11) is 0. The van der Waals surface area contributed by atoms with E-state index >= 15 is 0 Å². The molecule has 134 valence electrons. The molecular weight excluding hydrogens is 344 g/mol. The van der Waals surface area contributed by atoms with Crippen molar-refractivity contribution in [3.8, 4) is 0 Å². The van der Waals surface area contributed by atoms with E-state index in [4.69, 9.17) is 11.6 Å². The van der Waals surface area contributed by atoms with Crippen LogP contribution in [0.5, 0.6) is 0 Å². The van der Waals surface area contributed by atoms with Crippen LogP contribution in [0.4, 0.5) is 11.4 Å². The predicted molar refractivity (Wildman–Crippen MR) is 110 cm³/mol. The molecule has 1 aliphatic rings. The fourth-order valence-electron chi connectivity index (χ4n) is 3.53. The third kappa shape index (κ3) is 3.35. The Morgan fingerprint density at radius 2 is 1.81 bits per heavy atom. The molecule has 0 atom stereocenters. The normalized spacial score (nSPS) is 15.4. The van der Waals surface area contributed by atoms with Gasteiger partial charge >= 0.3 is 0 Å². The maximum Gasteiger partial charge on any atom is 0.0738 e. The Bertz CT molecular complexity index is 932. The topological polar surface area (TPSA) is 31.4 Å². The first-order valence-corrected chi connectivity index (χ1v) is 9.36. The number of fused-ring (bicyclic) bond motifs is 1. The number of rotatable bonds is 3. The minimum atomic E-state index is 0.712. The molecule has 1 fully saturated rings. The molecule has 2 aromatic carbocycles. The molecule has 1 saturated heterocycles. The molecule has 1 aliphatic heterocycles. The van der Waals surface area contributed by atoms with Crippen molar-refractivity contribution < 1.29 is 0 Å². The lowest BCUT2D eigenvalue weighted by Gasteiger charge is -2.37. The maximum atomic E-state index is 6.08. The Morgan fingerprint density at radius 1 is 1.00 bits per heavy atom. The van der Waals surface area contributed by atoms with Gasteiger partial charge < -0.3 is 10.3 Å². The van der Waals surface area contributed by atoms with Gasteiger partial charge in [0.15, 0.2) is 0 Å². The van der Waals surface area contributed by atoms with Gasteiger partial charge in [0.2, 0.25) is 0 Å². The van der Waals surface area contributed by atoms with Crippen LogP contribution in [-0.4, -0.2) is 36.2 Å². The van der Waals surface area contributed by atoms with Gasteiger partial charge in [0.05, 0.1) is 11.2 Å². The molecule has 0 saturated carbocycles. The first-order chi connectivity index (χ1) is 12.6. The van der Waals surface area contributed by atoms with Gasteiger partial charge in [-0.2, -0.15) is 0 Å². The molecule has 0 spiro atoms. The molecule has 3 aromatic rings. The number of hydrogen-bond acceptors (Lipinski definition) is 4. The number of nitrogens with zero attached hydrogens (tertiary/aromatic N) is 3. The summed E-state index contributed by atoms with van der Waals surface area (Å²) in [5, 5.41) is 4.09.